The molecule has 0 unspecified atom stereocenters. The standard InChI is InChI=1S/C16H17N5OS2/c1-3-6-13-17-12-8-5-4-7-11(12)15(18-13)23-9-14(22)19-16-21-20-10(2)24-16/h4-5,7-8H,3,6,9H2,1-2H3,(H,19,21,22). The normalized spacial score (nSPS) is 10.9. The topological polar surface area (TPSA) is 80.7 Å². The Hall–Kier alpha value is -2.06. The molecular formula is C16H17N5OS2. The molecule has 24 heavy (non-hydrogen) atoms. The second-order valence-electron chi connectivity index (χ2n) is 5.18. The number of aromatic nitrogens is 4. The van der Waals surface area contributed by atoms with Crippen LogP contribution in [0.5, 0.6) is 0 Å². The van der Waals surface area contributed by atoms with E-state index < -0.39 is 0 Å². The molecule has 0 aliphatic heterocycles. The van der Waals surface area contributed by atoms with E-state index >= 15 is 0 Å². The van der Waals surface area contributed by atoms with E-state index in [2.05, 4.69) is 32.4 Å². The Bertz CT molecular complexity index is 865. The monoisotopic (exact) mass is 359 g/mol. The molecule has 3 aromatic rings. The quantitative estimate of drug-likeness (QED) is 0.536. The highest BCUT2D eigenvalue weighted by molar-refractivity contribution is 8.00. The van der Waals surface area contributed by atoms with Crippen LogP contribution in [0.25, 0.3) is 10.9 Å². The first-order valence-electron chi connectivity index (χ1n) is 7.64. The van der Waals surface area contributed by atoms with Gasteiger partial charge in [0, 0.05) is 11.8 Å². The van der Waals surface area contributed by atoms with Crippen molar-refractivity contribution in [3.63, 3.8) is 0 Å². The van der Waals surface area contributed by atoms with Crippen LogP contribution in [0.1, 0.15) is 24.2 Å². The van der Waals surface area contributed by atoms with Gasteiger partial charge in [-0.2, -0.15) is 0 Å². The maximum atomic E-state index is 12.1. The largest absolute Gasteiger partial charge is 0.300 e. The third kappa shape index (κ3) is 4.07. The molecule has 0 atom stereocenters. The van der Waals surface area contributed by atoms with Crippen LogP contribution >= 0.6 is 23.1 Å². The number of rotatable bonds is 6. The van der Waals surface area contributed by atoms with E-state index in [0.717, 1.165) is 39.6 Å². The lowest BCUT2D eigenvalue weighted by Gasteiger charge is -2.07. The summed E-state index contributed by atoms with van der Waals surface area (Å²) < 4.78 is 0. The third-order valence-electron chi connectivity index (χ3n) is 3.20. The van der Waals surface area contributed by atoms with Crippen molar-refractivity contribution in [2.75, 3.05) is 11.1 Å². The number of thioether (sulfide) groups is 1. The van der Waals surface area contributed by atoms with Crippen LogP contribution in [0.3, 0.4) is 0 Å². The molecule has 0 aliphatic rings. The van der Waals surface area contributed by atoms with Gasteiger partial charge >= 0.3 is 0 Å². The molecule has 2 heterocycles. The van der Waals surface area contributed by atoms with Crippen molar-refractivity contribution in [3.8, 4) is 0 Å². The molecule has 2 aromatic heterocycles. The van der Waals surface area contributed by atoms with E-state index in [1.807, 2.05) is 31.2 Å². The predicted octanol–water partition coefficient (Wildman–Crippen LogP) is 3.47. The zero-order chi connectivity index (χ0) is 16.9. The summed E-state index contributed by atoms with van der Waals surface area (Å²) >= 11 is 2.78. The van der Waals surface area contributed by atoms with Crippen LogP contribution in [0.4, 0.5) is 5.13 Å². The highest BCUT2D eigenvalue weighted by atomic mass is 32.2. The maximum Gasteiger partial charge on any atom is 0.236 e. The van der Waals surface area contributed by atoms with Crippen molar-refractivity contribution in [3.05, 3.63) is 35.1 Å². The molecule has 0 saturated heterocycles. The minimum Gasteiger partial charge on any atom is -0.300 e. The Morgan fingerprint density at radius 3 is 2.83 bits per heavy atom. The van der Waals surface area contributed by atoms with E-state index in [9.17, 15) is 4.79 Å². The molecule has 0 fully saturated rings. The van der Waals surface area contributed by atoms with E-state index in [-0.39, 0.29) is 11.7 Å². The first kappa shape index (κ1) is 16.8. The van der Waals surface area contributed by atoms with Crippen molar-refractivity contribution in [1.82, 2.24) is 20.2 Å². The van der Waals surface area contributed by atoms with Gasteiger partial charge in [-0.1, -0.05) is 48.2 Å². The molecule has 6 nitrogen and oxygen atoms in total. The Morgan fingerprint density at radius 1 is 1.25 bits per heavy atom. The number of para-hydroxylation sites is 1. The minimum atomic E-state index is -0.115. The Kier molecular flexibility index (Phi) is 5.37. The summed E-state index contributed by atoms with van der Waals surface area (Å²) in [5.41, 5.74) is 0.915. The van der Waals surface area contributed by atoms with Gasteiger partial charge in [-0.15, -0.1) is 10.2 Å². The summed E-state index contributed by atoms with van der Waals surface area (Å²) in [5, 5.41) is 13.7. The summed E-state index contributed by atoms with van der Waals surface area (Å²) in [4.78, 5) is 21.3. The second-order valence-corrected chi connectivity index (χ2v) is 7.32. The van der Waals surface area contributed by atoms with Crippen molar-refractivity contribution in [2.24, 2.45) is 0 Å². The Labute approximate surface area is 148 Å². The third-order valence-corrected chi connectivity index (χ3v) is 4.95. The zero-order valence-electron chi connectivity index (χ0n) is 13.4. The van der Waals surface area contributed by atoms with Gasteiger partial charge in [0.05, 0.1) is 11.3 Å². The van der Waals surface area contributed by atoms with Gasteiger partial charge < -0.3 is 0 Å². The number of hydrogen-bond donors (Lipinski definition) is 1. The molecule has 8 heteroatoms. The van der Waals surface area contributed by atoms with E-state index in [1.165, 1.54) is 23.1 Å². The average molecular weight is 359 g/mol. The second kappa shape index (κ2) is 7.67. The molecule has 0 radical (unpaired) electrons. The first-order chi connectivity index (χ1) is 11.7. The highest BCUT2D eigenvalue weighted by Gasteiger charge is 2.11. The number of benzene rings is 1. The van der Waals surface area contributed by atoms with Crippen LogP contribution in [-0.2, 0) is 11.2 Å². The van der Waals surface area contributed by atoms with Crippen LogP contribution in [-0.4, -0.2) is 31.8 Å². The molecule has 124 valence electrons. The van der Waals surface area contributed by atoms with Gasteiger partial charge in [0.2, 0.25) is 11.0 Å². The van der Waals surface area contributed by atoms with E-state index in [1.54, 1.807) is 0 Å². The molecule has 1 N–H and O–H groups in total. The number of anilines is 1. The fourth-order valence-electron chi connectivity index (χ4n) is 2.18. The van der Waals surface area contributed by atoms with Gasteiger partial charge in [0.25, 0.3) is 0 Å². The number of carbonyl (C=O) groups excluding carboxylic acids is 1. The van der Waals surface area contributed by atoms with Gasteiger partial charge in [-0.25, -0.2) is 9.97 Å². The molecule has 1 amide bonds. The Balaban J connectivity index is 1.75. The molecule has 3 rings (SSSR count). The van der Waals surface area contributed by atoms with Crippen LogP contribution < -0.4 is 5.32 Å². The fourth-order valence-corrected chi connectivity index (χ4v) is 3.62. The summed E-state index contributed by atoms with van der Waals surface area (Å²) in [6, 6.07) is 7.88. The van der Waals surface area contributed by atoms with Crippen molar-refractivity contribution in [1.29, 1.82) is 0 Å². The van der Waals surface area contributed by atoms with Crippen molar-refractivity contribution < 1.29 is 4.79 Å². The zero-order valence-corrected chi connectivity index (χ0v) is 15.1. The summed E-state index contributed by atoms with van der Waals surface area (Å²) in [6.07, 6.45) is 1.81. The first-order valence-corrected chi connectivity index (χ1v) is 9.44. The van der Waals surface area contributed by atoms with Gasteiger partial charge in [-0.05, 0) is 19.4 Å². The number of nitrogens with one attached hydrogen (secondary N) is 1. The molecule has 0 spiro atoms. The van der Waals surface area contributed by atoms with Crippen LogP contribution in [0.15, 0.2) is 29.3 Å². The number of hydrogen-bond acceptors (Lipinski definition) is 7. The number of aryl methyl sites for hydroxylation is 2. The lowest BCUT2D eigenvalue weighted by atomic mass is 10.2. The molecule has 0 bridgehead atoms. The van der Waals surface area contributed by atoms with Gasteiger partial charge in [0.1, 0.15) is 15.9 Å². The van der Waals surface area contributed by atoms with Gasteiger partial charge in [-0.3, -0.25) is 10.1 Å². The molecule has 0 aliphatic carbocycles. The highest BCUT2D eigenvalue weighted by Crippen LogP contribution is 2.26. The lowest BCUT2D eigenvalue weighted by Crippen LogP contribution is -2.14. The smallest absolute Gasteiger partial charge is 0.236 e. The van der Waals surface area contributed by atoms with E-state index in [4.69, 9.17) is 0 Å². The van der Waals surface area contributed by atoms with Gasteiger partial charge in [0.15, 0.2) is 0 Å². The maximum absolute atomic E-state index is 12.1. The number of fused-ring (bicyclic) bond motifs is 1. The minimum absolute atomic E-state index is 0.115. The predicted molar refractivity (Wildman–Crippen MR) is 97.5 cm³/mol. The fraction of sp³-hybridized carbons (Fsp3) is 0.312. The number of amides is 1. The SMILES string of the molecule is CCCc1nc(SCC(=O)Nc2nnc(C)s2)c2ccccc2n1. The average Bonchev–Trinajstić information content (AvgIpc) is 2.98. The number of carbonyl (C=O) groups is 1. The summed E-state index contributed by atoms with van der Waals surface area (Å²) in [7, 11) is 0. The lowest BCUT2D eigenvalue weighted by molar-refractivity contribution is -0.113. The van der Waals surface area contributed by atoms with Crippen LogP contribution in [0, 0.1) is 6.92 Å². The summed E-state index contributed by atoms with van der Waals surface area (Å²) in [6.45, 7) is 3.95. The number of nitrogens with zero attached hydrogens (tertiary/aromatic N) is 4. The Morgan fingerprint density at radius 2 is 2.08 bits per heavy atom. The molecule has 1 aromatic carbocycles. The molecular weight excluding hydrogens is 342 g/mol. The summed E-state index contributed by atoms with van der Waals surface area (Å²) in [5.74, 6) is 0.973. The molecule has 0 saturated carbocycles. The van der Waals surface area contributed by atoms with Crippen LogP contribution in [0.2, 0.25) is 0 Å². The van der Waals surface area contributed by atoms with Crippen molar-refractivity contribution in [2.45, 2.75) is 31.7 Å². The van der Waals surface area contributed by atoms with Crippen molar-refractivity contribution >= 4 is 45.0 Å². The van der Waals surface area contributed by atoms with E-state index in [0.29, 0.717) is 5.13 Å².